The molecule has 0 saturated carbocycles. The molecular formula is C11H7BrN4S. The van der Waals surface area contributed by atoms with Crippen LogP contribution >= 0.6 is 27.7 Å². The van der Waals surface area contributed by atoms with Crippen LogP contribution in [0.5, 0.6) is 0 Å². The predicted molar refractivity (Wildman–Crippen MR) is 69.4 cm³/mol. The van der Waals surface area contributed by atoms with E-state index >= 15 is 0 Å². The van der Waals surface area contributed by atoms with Crippen LogP contribution in [0, 0.1) is 11.3 Å². The Balaban J connectivity index is 2.25. The number of nitrogen functional groups attached to an aromatic ring is 1. The quantitative estimate of drug-likeness (QED) is 0.923. The zero-order valence-corrected chi connectivity index (χ0v) is 11.0. The number of pyridine rings is 2. The second kappa shape index (κ2) is 5.17. The molecule has 0 aliphatic heterocycles. The minimum Gasteiger partial charge on any atom is -0.396 e. The van der Waals surface area contributed by atoms with Crippen LogP contribution in [0.25, 0.3) is 0 Å². The lowest BCUT2D eigenvalue weighted by Crippen LogP contribution is -1.93. The van der Waals surface area contributed by atoms with E-state index in [0.717, 1.165) is 9.50 Å². The molecule has 2 aromatic heterocycles. The Morgan fingerprint density at radius 2 is 2.12 bits per heavy atom. The summed E-state index contributed by atoms with van der Waals surface area (Å²) in [7, 11) is 0. The second-order valence-corrected chi connectivity index (χ2v) is 5.07. The first-order chi connectivity index (χ1) is 8.19. The molecule has 2 rings (SSSR count). The van der Waals surface area contributed by atoms with Crippen molar-refractivity contribution in [1.29, 1.82) is 5.26 Å². The van der Waals surface area contributed by atoms with Crippen molar-refractivity contribution in [2.75, 3.05) is 5.73 Å². The smallest absolute Gasteiger partial charge is 0.125 e. The maximum Gasteiger partial charge on any atom is 0.125 e. The lowest BCUT2D eigenvalue weighted by Gasteiger charge is -2.03. The number of hydrogen-bond acceptors (Lipinski definition) is 5. The summed E-state index contributed by atoms with van der Waals surface area (Å²) in [4.78, 5) is 8.34. The SMILES string of the molecule is N#Cc1cnc(Sc2ccc(Br)cn2)c(N)c1. The number of rotatable bonds is 2. The van der Waals surface area contributed by atoms with Crippen molar-refractivity contribution in [1.82, 2.24) is 9.97 Å². The molecule has 0 aliphatic rings. The van der Waals surface area contributed by atoms with Gasteiger partial charge in [-0.15, -0.1) is 0 Å². The standard InChI is InChI=1S/C11H7BrN4S/c12-8-1-2-10(15-6-8)17-11-9(14)3-7(4-13)5-16-11/h1-3,5-6H,14H2. The molecule has 0 radical (unpaired) electrons. The van der Waals surface area contributed by atoms with Gasteiger partial charge >= 0.3 is 0 Å². The molecule has 0 fully saturated rings. The monoisotopic (exact) mass is 306 g/mol. The molecule has 0 amide bonds. The third kappa shape index (κ3) is 2.96. The first kappa shape index (κ1) is 11.9. The maximum atomic E-state index is 8.70. The zero-order chi connectivity index (χ0) is 12.3. The molecule has 0 saturated heterocycles. The lowest BCUT2D eigenvalue weighted by molar-refractivity contribution is 1.09. The van der Waals surface area contributed by atoms with E-state index < -0.39 is 0 Å². The first-order valence-electron chi connectivity index (χ1n) is 4.64. The lowest BCUT2D eigenvalue weighted by atomic mass is 10.3. The van der Waals surface area contributed by atoms with Crippen LogP contribution in [0.3, 0.4) is 0 Å². The Hall–Kier alpha value is -1.58. The topological polar surface area (TPSA) is 75.6 Å². The molecular weight excluding hydrogens is 300 g/mol. The summed E-state index contributed by atoms with van der Waals surface area (Å²) in [5.74, 6) is 0. The van der Waals surface area contributed by atoms with Gasteiger partial charge in [-0.2, -0.15) is 5.26 Å². The summed E-state index contributed by atoms with van der Waals surface area (Å²) >= 11 is 4.68. The van der Waals surface area contributed by atoms with E-state index in [1.165, 1.54) is 18.0 Å². The average Bonchev–Trinajstić information content (AvgIpc) is 2.34. The van der Waals surface area contributed by atoms with Crippen LogP contribution in [0.1, 0.15) is 5.56 Å². The van der Waals surface area contributed by atoms with Gasteiger partial charge in [-0.05, 0) is 45.9 Å². The van der Waals surface area contributed by atoms with Crippen LogP contribution in [-0.4, -0.2) is 9.97 Å². The van der Waals surface area contributed by atoms with E-state index in [9.17, 15) is 0 Å². The largest absolute Gasteiger partial charge is 0.396 e. The fourth-order valence-corrected chi connectivity index (χ4v) is 2.09. The molecule has 4 nitrogen and oxygen atoms in total. The number of nitriles is 1. The molecule has 84 valence electrons. The van der Waals surface area contributed by atoms with Gasteiger partial charge in [0, 0.05) is 16.9 Å². The normalized spacial score (nSPS) is 9.88. The van der Waals surface area contributed by atoms with Crippen molar-refractivity contribution in [3.05, 3.63) is 40.6 Å². The molecule has 2 N–H and O–H groups in total. The van der Waals surface area contributed by atoms with Crippen LogP contribution < -0.4 is 5.73 Å². The van der Waals surface area contributed by atoms with Crippen LogP contribution in [0.15, 0.2) is 45.1 Å². The Morgan fingerprint density at radius 3 is 2.71 bits per heavy atom. The fraction of sp³-hybridized carbons (Fsp3) is 0. The highest BCUT2D eigenvalue weighted by Gasteiger charge is 2.05. The van der Waals surface area contributed by atoms with E-state index in [-0.39, 0.29) is 0 Å². The van der Waals surface area contributed by atoms with E-state index in [1.54, 1.807) is 12.3 Å². The van der Waals surface area contributed by atoms with Crippen molar-refractivity contribution in [2.45, 2.75) is 10.1 Å². The van der Waals surface area contributed by atoms with E-state index in [2.05, 4.69) is 25.9 Å². The molecule has 2 aromatic rings. The summed E-state index contributed by atoms with van der Waals surface area (Å²) in [6.07, 6.45) is 3.21. The van der Waals surface area contributed by atoms with Gasteiger partial charge in [0.2, 0.25) is 0 Å². The highest BCUT2D eigenvalue weighted by molar-refractivity contribution is 9.10. The second-order valence-electron chi connectivity index (χ2n) is 3.15. The molecule has 0 aromatic carbocycles. The van der Waals surface area contributed by atoms with Gasteiger partial charge in [0.05, 0.1) is 11.3 Å². The molecule has 6 heteroatoms. The van der Waals surface area contributed by atoms with Crippen molar-refractivity contribution in [2.24, 2.45) is 0 Å². The van der Waals surface area contributed by atoms with Gasteiger partial charge in [-0.1, -0.05) is 0 Å². The van der Waals surface area contributed by atoms with Crippen LogP contribution in [0.4, 0.5) is 5.69 Å². The minimum atomic E-state index is 0.454. The van der Waals surface area contributed by atoms with Crippen molar-refractivity contribution < 1.29 is 0 Å². The van der Waals surface area contributed by atoms with E-state index in [0.29, 0.717) is 16.3 Å². The van der Waals surface area contributed by atoms with Crippen molar-refractivity contribution >= 4 is 33.4 Å². The number of nitrogens with zero attached hydrogens (tertiary/aromatic N) is 3. The number of anilines is 1. The van der Waals surface area contributed by atoms with Gasteiger partial charge in [0.15, 0.2) is 0 Å². The molecule has 0 bridgehead atoms. The number of aromatic nitrogens is 2. The van der Waals surface area contributed by atoms with E-state index in [1.807, 2.05) is 18.2 Å². The number of halogens is 1. The Labute approximate surface area is 111 Å². The molecule has 0 aliphatic carbocycles. The number of nitrogens with two attached hydrogens (primary N) is 1. The third-order valence-corrected chi connectivity index (χ3v) is 3.36. The Morgan fingerprint density at radius 1 is 1.29 bits per heavy atom. The highest BCUT2D eigenvalue weighted by Crippen LogP contribution is 2.29. The zero-order valence-electron chi connectivity index (χ0n) is 8.59. The third-order valence-electron chi connectivity index (χ3n) is 1.91. The summed E-state index contributed by atoms with van der Waals surface area (Å²) in [5, 5.41) is 10.2. The van der Waals surface area contributed by atoms with Crippen LogP contribution in [0.2, 0.25) is 0 Å². The van der Waals surface area contributed by atoms with Gasteiger partial charge in [-0.3, -0.25) is 0 Å². The molecule has 0 atom stereocenters. The van der Waals surface area contributed by atoms with Gasteiger partial charge in [-0.25, -0.2) is 9.97 Å². The van der Waals surface area contributed by atoms with Gasteiger partial charge < -0.3 is 5.73 Å². The molecule has 0 spiro atoms. The molecule has 2 heterocycles. The minimum absolute atomic E-state index is 0.454. The van der Waals surface area contributed by atoms with Crippen molar-refractivity contribution in [3.8, 4) is 6.07 Å². The maximum absolute atomic E-state index is 8.70. The summed E-state index contributed by atoms with van der Waals surface area (Å²) in [5.41, 5.74) is 6.74. The Kier molecular flexibility index (Phi) is 3.61. The van der Waals surface area contributed by atoms with Gasteiger partial charge in [0.1, 0.15) is 16.1 Å². The fourth-order valence-electron chi connectivity index (χ4n) is 1.14. The average molecular weight is 307 g/mol. The highest BCUT2D eigenvalue weighted by atomic mass is 79.9. The summed E-state index contributed by atoms with van der Waals surface area (Å²) < 4.78 is 0.919. The van der Waals surface area contributed by atoms with Crippen molar-refractivity contribution in [3.63, 3.8) is 0 Å². The van der Waals surface area contributed by atoms with E-state index in [4.69, 9.17) is 11.0 Å². The number of hydrogen-bond donors (Lipinski definition) is 1. The van der Waals surface area contributed by atoms with Crippen LogP contribution in [-0.2, 0) is 0 Å². The predicted octanol–water partition coefficient (Wildman–Crippen LogP) is 2.84. The Bertz CT molecular complexity index is 577. The summed E-state index contributed by atoms with van der Waals surface area (Å²) in [6.45, 7) is 0. The summed E-state index contributed by atoms with van der Waals surface area (Å²) in [6, 6.07) is 7.37. The molecule has 0 unspecified atom stereocenters. The first-order valence-corrected chi connectivity index (χ1v) is 6.25. The van der Waals surface area contributed by atoms with Gasteiger partial charge in [0.25, 0.3) is 0 Å². The molecule has 17 heavy (non-hydrogen) atoms.